The molecule has 0 aliphatic heterocycles. The van der Waals surface area contributed by atoms with Crippen LogP contribution in [-0.2, 0) is 0 Å². The highest BCUT2D eigenvalue weighted by Gasteiger charge is 2.53. The van der Waals surface area contributed by atoms with E-state index in [9.17, 15) is 10.2 Å². The van der Waals surface area contributed by atoms with Crippen LogP contribution in [0.4, 0.5) is 0 Å². The van der Waals surface area contributed by atoms with Crippen LogP contribution in [0.1, 0.15) is 63.5 Å². The molecule has 21 heavy (non-hydrogen) atoms. The minimum Gasteiger partial charge on any atom is -0.396 e. The van der Waals surface area contributed by atoms with Crippen molar-refractivity contribution < 1.29 is 10.2 Å². The van der Waals surface area contributed by atoms with Gasteiger partial charge in [0.15, 0.2) is 0 Å². The van der Waals surface area contributed by atoms with Gasteiger partial charge in [-0.25, -0.2) is 0 Å². The van der Waals surface area contributed by atoms with Gasteiger partial charge in [-0.05, 0) is 54.4 Å². The molecular weight excluding hydrogens is 260 g/mol. The molecule has 2 heteroatoms. The molecular formula is C19H28O2. The van der Waals surface area contributed by atoms with Gasteiger partial charge in [0.2, 0.25) is 0 Å². The molecule has 2 aliphatic carbocycles. The number of hydrogen-bond acceptors (Lipinski definition) is 2. The summed E-state index contributed by atoms with van der Waals surface area (Å²) in [6.45, 7) is 2.65. The Balaban J connectivity index is 1.81. The van der Waals surface area contributed by atoms with E-state index < -0.39 is 0 Å². The third kappa shape index (κ3) is 2.53. The molecule has 2 saturated carbocycles. The first-order valence-electron chi connectivity index (χ1n) is 8.44. The van der Waals surface area contributed by atoms with Crippen LogP contribution in [-0.4, -0.2) is 16.8 Å². The van der Waals surface area contributed by atoms with Gasteiger partial charge in [-0.1, -0.05) is 50.1 Å². The third-order valence-corrected chi connectivity index (χ3v) is 6.52. The number of benzene rings is 1. The first-order chi connectivity index (χ1) is 10.1. The van der Waals surface area contributed by atoms with Crippen LogP contribution in [0, 0.1) is 16.7 Å². The SMILES string of the molecule is C[C@]12CCCC[C@]1(CO)C[C@@H](C(O)c1ccccc1)CC2. The fourth-order valence-electron chi connectivity index (χ4n) is 4.92. The molecule has 116 valence electrons. The predicted octanol–water partition coefficient (Wildman–Crippen LogP) is 4.08. The summed E-state index contributed by atoms with van der Waals surface area (Å²) in [5.74, 6) is 0.283. The molecule has 0 aromatic heterocycles. The molecule has 0 amide bonds. The number of aliphatic hydroxyl groups is 2. The smallest absolute Gasteiger partial charge is 0.0818 e. The summed E-state index contributed by atoms with van der Waals surface area (Å²) in [6.07, 6.45) is 7.68. The highest BCUT2D eigenvalue weighted by Crippen LogP contribution is 2.61. The van der Waals surface area contributed by atoms with E-state index in [1.165, 1.54) is 19.3 Å². The van der Waals surface area contributed by atoms with Crippen LogP contribution in [0.15, 0.2) is 30.3 Å². The zero-order chi connectivity index (χ0) is 14.9. The van der Waals surface area contributed by atoms with Crippen LogP contribution in [0.2, 0.25) is 0 Å². The Morgan fingerprint density at radius 3 is 2.57 bits per heavy atom. The number of fused-ring (bicyclic) bond motifs is 1. The molecule has 1 aromatic carbocycles. The van der Waals surface area contributed by atoms with Gasteiger partial charge >= 0.3 is 0 Å². The first-order valence-corrected chi connectivity index (χ1v) is 8.44. The summed E-state index contributed by atoms with van der Waals surface area (Å²) in [7, 11) is 0. The van der Waals surface area contributed by atoms with Gasteiger partial charge < -0.3 is 10.2 Å². The van der Waals surface area contributed by atoms with Gasteiger partial charge in [-0.3, -0.25) is 0 Å². The molecule has 1 unspecified atom stereocenters. The lowest BCUT2D eigenvalue weighted by Gasteiger charge is -2.57. The zero-order valence-electron chi connectivity index (χ0n) is 13.1. The second kappa shape index (κ2) is 5.73. The minimum atomic E-state index is -0.388. The summed E-state index contributed by atoms with van der Waals surface area (Å²) in [5, 5.41) is 20.9. The monoisotopic (exact) mass is 288 g/mol. The zero-order valence-corrected chi connectivity index (χ0v) is 13.1. The van der Waals surface area contributed by atoms with Crippen molar-refractivity contribution in [1.82, 2.24) is 0 Å². The van der Waals surface area contributed by atoms with Crippen LogP contribution >= 0.6 is 0 Å². The molecule has 4 atom stereocenters. The average molecular weight is 288 g/mol. The fraction of sp³-hybridized carbons (Fsp3) is 0.684. The lowest BCUT2D eigenvalue weighted by atomic mass is 9.49. The maximum Gasteiger partial charge on any atom is 0.0818 e. The summed E-state index contributed by atoms with van der Waals surface area (Å²) in [6, 6.07) is 10.0. The Morgan fingerprint density at radius 1 is 1.14 bits per heavy atom. The number of rotatable bonds is 3. The normalized spacial score (nSPS) is 37.8. The molecule has 0 radical (unpaired) electrons. The molecule has 0 bridgehead atoms. The van der Waals surface area contributed by atoms with Crippen molar-refractivity contribution in [2.24, 2.45) is 16.7 Å². The van der Waals surface area contributed by atoms with E-state index in [0.29, 0.717) is 0 Å². The molecule has 0 heterocycles. The highest BCUT2D eigenvalue weighted by atomic mass is 16.3. The van der Waals surface area contributed by atoms with Crippen molar-refractivity contribution in [3.8, 4) is 0 Å². The van der Waals surface area contributed by atoms with Crippen LogP contribution in [0.5, 0.6) is 0 Å². The Hall–Kier alpha value is -0.860. The van der Waals surface area contributed by atoms with Gasteiger partial charge in [0.25, 0.3) is 0 Å². The largest absolute Gasteiger partial charge is 0.396 e. The van der Waals surface area contributed by atoms with E-state index in [-0.39, 0.29) is 29.5 Å². The number of aliphatic hydroxyl groups excluding tert-OH is 2. The van der Waals surface area contributed by atoms with Crippen molar-refractivity contribution in [3.63, 3.8) is 0 Å². The van der Waals surface area contributed by atoms with E-state index in [1.807, 2.05) is 30.3 Å². The van der Waals surface area contributed by atoms with Crippen LogP contribution in [0.3, 0.4) is 0 Å². The maximum absolute atomic E-state index is 10.7. The molecule has 3 rings (SSSR count). The van der Waals surface area contributed by atoms with E-state index in [4.69, 9.17) is 0 Å². The van der Waals surface area contributed by atoms with Crippen LogP contribution < -0.4 is 0 Å². The summed E-state index contributed by atoms with van der Waals surface area (Å²) < 4.78 is 0. The van der Waals surface area contributed by atoms with E-state index in [0.717, 1.165) is 31.2 Å². The summed E-state index contributed by atoms with van der Waals surface area (Å²) in [5.41, 5.74) is 1.33. The molecule has 0 saturated heterocycles. The first kappa shape index (κ1) is 15.1. The van der Waals surface area contributed by atoms with Crippen molar-refractivity contribution in [3.05, 3.63) is 35.9 Å². The van der Waals surface area contributed by atoms with Gasteiger partial charge in [0.05, 0.1) is 6.10 Å². The third-order valence-electron chi connectivity index (χ3n) is 6.52. The molecule has 1 aromatic rings. The van der Waals surface area contributed by atoms with Crippen molar-refractivity contribution in [2.45, 2.75) is 58.0 Å². The van der Waals surface area contributed by atoms with E-state index in [2.05, 4.69) is 6.92 Å². The molecule has 0 spiro atoms. The maximum atomic E-state index is 10.7. The van der Waals surface area contributed by atoms with Gasteiger partial charge in [-0.2, -0.15) is 0 Å². The highest BCUT2D eigenvalue weighted by molar-refractivity contribution is 5.19. The van der Waals surface area contributed by atoms with Gasteiger partial charge in [0.1, 0.15) is 0 Å². The van der Waals surface area contributed by atoms with Crippen LogP contribution in [0.25, 0.3) is 0 Å². The lowest BCUT2D eigenvalue weighted by molar-refractivity contribution is -0.113. The molecule has 2 fully saturated rings. The van der Waals surface area contributed by atoms with Crippen molar-refractivity contribution in [1.29, 1.82) is 0 Å². The van der Waals surface area contributed by atoms with Crippen molar-refractivity contribution >= 4 is 0 Å². The van der Waals surface area contributed by atoms with Gasteiger partial charge in [-0.15, -0.1) is 0 Å². The fourth-order valence-corrected chi connectivity index (χ4v) is 4.92. The summed E-state index contributed by atoms with van der Waals surface area (Å²) >= 11 is 0. The van der Waals surface area contributed by atoms with Gasteiger partial charge in [0, 0.05) is 6.61 Å². The van der Waals surface area contributed by atoms with E-state index >= 15 is 0 Å². The Labute approximate surface area is 128 Å². The standard InChI is InChI=1S/C19H28O2/c1-18-10-5-6-11-19(18,14-20)13-16(9-12-18)17(21)15-7-3-2-4-8-15/h2-4,7-8,16-17,20-21H,5-6,9-14H2,1H3/t16-,17?,18+,19+/m0/s1. The van der Waals surface area contributed by atoms with Crippen molar-refractivity contribution in [2.75, 3.05) is 6.61 Å². The second-order valence-electron chi connectivity index (χ2n) is 7.56. The Morgan fingerprint density at radius 2 is 1.86 bits per heavy atom. The summed E-state index contributed by atoms with van der Waals surface area (Å²) in [4.78, 5) is 0. The topological polar surface area (TPSA) is 40.5 Å². The second-order valence-corrected chi connectivity index (χ2v) is 7.56. The predicted molar refractivity (Wildman–Crippen MR) is 84.8 cm³/mol. The van der Waals surface area contributed by atoms with E-state index in [1.54, 1.807) is 0 Å². The minimum absolute atomic E-state index is 0.0317. The molecule has 2 aliphatic rings. The lowest BCUT2D eigenvalue weighted by Crippen LogP contribution is -2.50. The average Bonchev–Trinajstić information content (AvgIpc) is 2.54. The Bertz CT molecular complexity index is 472. The molecule has 2 N–H and O–H groups in total. The number of hydrogen-bond donors (Lipinski definition) is 2. The Kier molecular flexibility index (Phi) is 4.11. The quantitative estimate of drug-likeness (QED) is 0.880. The molecule has 2 nitrogen and oxygen atoms in total.